The van der Waals surface area contributed by atoms with Crippen molar-refractivity contribution in [3.05, 3.63) is 29.6 Å². The molecule has 0 bridgehead atoms. The summed E-state index contributed by atoms with van der Waals surface area (Å²) in [6.45, 7) is 8.25. The minimum atomic E-state index is -0.574. The number of likely N-dealkylation sites (tertiary alicyclic amines) is 1. The molecule has 2 heterocycles. The lowest BCUT2D eigenvalue weighted by Gasteiger charge is -2.27. The second-order valence-corrected chi connectivity index (χ2v) is 7.37. The number of rotatable bonds is 5. The maximum Gasteiger partial charge on any atom is 0.411 e. The van der Waals surface area contributed by atoms with Crippen molar-refractivity contribution in [1.82, 2.24) is 9.88 Å². The van der Waals surface area contributed by atoms with Gasteiger partial charge in [-0.15, -0.1) is 0 Å². The first-order chi connectivity index (χ1) is 11.8. The third kappa shape index (κ3) is 6.03. The molecule has 1 aliphatic heterocycles. The highest BCUT2D eigenvalue weighted by atomic mass is 16.6. The Balaban J connectivity index is 1.78. The van der Waals surface area contributed by atoms with Gasteiger partial charge in [0.15, 0.2) is 0 Å². The van der Waals surface area contributed by atoms with Gasteiger partial charge < -0.3 is 9.47 Å². The van der Waals surface area contributed by atoms with E-state index in [1.54, 1.807) is 0 Å². The number of carbonyl (C=O) groups excluding carboxylic acids is 2. The Labute approximate surface area is 149 Å². The van der Waals surface area contributed by atoms with Crippen molar-refractivity contribution in [1.29, 1.82) is 0 Å². The topological polar surface area (TPSA) is 68.7 Å². The first-order valence-corrected chi connectivity index (χ1v) is 8.85. The standard InChI is InChI=1S/C19H28N2O4/c1-14-8-5-9-15(20-14)10-7-13-24-17(22)16-11-6-12-21(16)18(23)25-19(2,3)4/h5,8-9,16H,6-7,10-13H2,1-4H3. The molecule has 1 unspecified atom stereocenters. The SMILES string of the molecule is Cc1cccc(CCCOC(=O)C2CCCN2C(=O)OC(C)(C)C)n1. The number of hydrogen-bond donors (Lipinski definition) is 0. The maximum absolute atomic E-state index is 12.3. The van der Waals surface area contributed by atoms with Gasteiger partial charge in [0, 0.05) is 17.9 Å². The van der Waals surface area contributed by atoms with Gasteiger partial charge >= 0.3 is 12.1 Å². The van der Waals surface area contributed by atoms with Crippen molar-refractivity contribution in [2.24, 2.45) is 0 Å². The number of nitrogens with zero attached hydrogens (tertiary/aromatic N) is 2. The molecule has 6 heteroatoms. The van der Waals surface area contributed by atoms with Crippen LogP contribution in [0.25, 0.3) is 0 Å². The maximum atomic E-state index is 12.3. The van der Waals surface area contributed by atoms with E-state index in [1.165, 1.54) is 4.90 Å². The molecule has 1 aromatic heterocycles. The van der Waals surface area contributed by atoms with E-state index in [4.69, 9.17) is 9.47 Å². The monoisotopic (exact) mass is 348 g/mol. The van der Waals surface area contributed by atoms with Crippen LogP contribution in [-0.2, 0) is 20.7 Å². The third-order valence-electron chi connectivity index (χ3n) is 3.92. The molecule has 1 fully saturated rings. The van der Waals surface area contributed by atoms with Gasteiger partial charge in [-0.3, -0.25) is 9.88 Å². The largest absolute Gasteiger partial charge is 0.464 e. The number of carbonyl (C=O) groups is 2. The lowest BCUT2D eigenvalue weighted by atomic mass is 10.2. The predicted octanol–water partition coefficient (Wildman–Crippen LogP) is 3.27. The summed E-state index contributed by atoms with van der Waals surface area (Å²) in [5, 5.41) is 0. The van der Waals surface area contributed by atoms with E-state index in [1.807, 2.05) is 45.9 Å². The van der Waals surface area contributed by atoms with E-state index in [0.717, 1.165) is 24.2 Å². The Hall–Kier alpha value is -2.11. The molecule has 0 radical (unpaired) electrons. The summed E-state index contributed by atoms with van der Waals surface area (Å²) in [5.41, 5.74) is 1.40. The van der Waals surface area contributed by atoms with Gasteiger partial charge in [-0.05, 0) is 65.5 Å². The van der Waals surface area contributed by atoms with Crippen molar-refractivity contribution in [3.8, 4) is 0 Å². The van der Waals surface area contributed by atoms with Crippen LogP contribution in [0.1, 0.15) is 51.4 Å². The molecule has 6 nitrogen and oxygen atoms in total. The highest BCUT2D eigenvalue weighted by molar-refractivity contribution is 5.82. The lowest BCUT2D eigenvalue weighted by molar-refractivity contribution is -0.148. The molecule has 1 amide bonds. The predicted molar refractivity (Wildman–Crippen MR) is 94.2 cm³/mol. The molecule has 1 aliphatic rings. The molecule has 2 rings (SSSR count). The quantitative estimate of drug-likeness (QED) is 0.603. The van der Waals surface area contributed by atoms with Gasteiger partial charge in [-0.2, -0.15) is 0 Å². The molecular weight excluding hydrogens is 320 g/mol. The van der Waals surface area contributed by atoms with Crippen molar-refractivity contribution < 1.29 is 19.1 Å². The number of aryl methyl sites for hydroxylation is 2. The number of pyridine rings is 1. The van der Waals surface area contributed by atoms with Crippen molar-refractivity contribution in [2.75, 3.05) is 13.2 Å². The summed E-state index contributed by atoms with van der Waals surface area (Å²) in [5.74, 6) is -0.347. The average molecular weight is 348 g/mol. The van der Waals surface area contributed by atoms with E-state index in [2.05, 4.69) is 4.98 Å². The number of esters is 1. The lowest BCUT2D eigenvalue weighted by Crippen LogP contribution is -2.44. The Kier molecular flexibility index (Phi) is 6.39. The van der Waals surface area contributed by atoms with Gasteiger partial charge in [-0.1, -0.05) is 6.07 Å². The molecule has 0 N–H and O–H groups in total. The molecule has 0 saturated carbocycles. The number of aromatic nitrogens is 1. The minimum Gasteiger partial charge on any atom is -0.464 e. The van der Waals surface area contributed by atoms with Crippen LogP contribution in [0.15, 0.2) is 18.2 Å². The van der Waals surface area contributed by atoms with Crippen LogP contribution in [0.2, 0.25) is 0 Å². The zero-order chi connectivity index (χ0) is 18.4. The summed E-state index contributed by atoms with van der Waals surface area (Å²) >= 11 is 0. The van der Waals surface area contributed by atoms with Crippen LogP contribution in [0, 0.1) is 6.92 Å². The van der Waals surface area contributed by atoms with Gasteiger partial charge in [0.05, 0.1) is 6.61 Å². The third-order valence-corrected chi connectivity index (χ3v) is 3.92. The number of amides is 1. The minimum absolute atomic E-state index is 0.327. The Morgan fingerprint density at radius 1 is 1.32 bits per heavy atom. The van der Waals surface area contributed by atoms with E-state index >= 15 is 0 Å². The summed E-state index contributed by atoms with van der Waals surface area (Å²) in [6, 6.07) is 5.36. The fraction of sp³-hybridized carbons (Fsp3) is 0.632. The molecule has 1 aromatic rings. The fourth-order valence-corrected chi connectivity index (χ4v) is 2.81. The number of hydrogen-bond acceptors (Lipinski definition) is 5. The second-order valence-electron chi connectivity index (χ2n) is 7.37. The van der Waals surface area contributed by atoms with Crippen molar-refractivity contribution in [2.45, 2.75) is 65.0 Å². The van der Waals surface area contributed by atoms with Gasteiger partial charge in [0.2, 0.25) is 0 Å². The Bertz CT molecular complexity index is 610. The first-order valence-electron chi connectivity index (χ1n) is 8.85. The van der Waals surface area contributed by atoms with Crippen molar-refractivity contribution in [3.63, 3.8) is 0 Å². The second kappa shape index (κ2) is 8.32. The van der Waals surface area contributed by atoms with E-state index in [-0.39, 0.29) is 5.97 Å². The van der Waals surface area contributed by atoms with E-state index in [0.29, 0.717) is 26.0 Å². The zero-order valence-electron chi connectivity index (χ0n) is 15.6. The Morgan fingerprint density at radius 3 is 2.76 bits per heavy atom. The average Bonchev–Trinajstić information content (AvgIpc) is 2.99. The van der Waals surface area contributed by atoms with Crippen LogP contribution >= 0.6 is 0 Å². The molecule has 0 spiro atoms. The normalized spacial score (nSPS) is 17.4. The number of ether oxygens (including phenoxy) is 2. The van der Waals surface area contributed by atoms with Crippen LogP contribution in [0.5, 0.6) is 0 Å². The highest BCUT2D eigenvalue weighted by Crippen LogP contribution is 2.22. The molecule has 1 saturated heterocycles. The van der Waals surface area contributed by atoms with Crippen LogP contribution in [0.4, 0.5) is 4.79 Å². The summed E-state index contributed by atoms with van der Waals surface area (Å²) in [7, 11) is 0. The van der Waals surface area contributed by atoms with Crippen LogP contribution in [0.3, 0.4) is 0 Å². The summed E-state index contributed by atoms with van der Waals surface area (Å²) < 4.78 is 10.7. The molecule has 25 heavy (non-hydrogen) atoms. The molecule has 138 valence electrons. The van der Waals surface area contributed by atoms with E-state index in [9.17, 15) is 9.59 Å². The molecule has 0 aliphatic carbocycles. The van der Waals surface area contributed by atoms with Gasteiger partial charge in [0.25, 0.3) is 0 Å². The first kappa shape index (κ1) is 19.2. The molecule has 0 aromatic carbocycles. The van der Waals surface area contributed by atoms with Crippen molar-refractivity contribution >= 4 is 12.1 Å². The van der Waals surface area contributed by atoms with Gasteiger partial charge in [0.1, 0.15) is 11.6 Å². The fourth-order valence-electron chi connectivity index (χ4n) is 2.81. The van der Waals surface area contributed by atoms with Gasteiger partial charge in [-0.25, -0.2) is 9.59 Å². The zero-order valence-corrected chi connectivity index (χ0v) is 15.6. The summed E-state index contributed by atoms with van der Waals surface area (Å²) in [4.78, 5) is 30.4. The molecule has 1 atom stereocenters. The summed E-state index contributed by atoms with van der Waals surface area (Å²) in [6.07, 6.45) is 2.43. The smallest absolute Gasteiger partial charge is 0.411 e. The van der Waals surface area contributed by atoms with E-state index < -0.39 is 17.7 Å². The molecular formula is C19H28N2O4. The van der Waals surface area contributed by atoms with Crippen LogP contribution in [-0.4, -0.2) is 46.7 Å². The van der Waals surface area contributed by atoms with Crippen LogP contribution < -0.4 is 0 Å². The highest BCUT2D eigenvalue weighted by Gasteiger charge is 2.37. The Morgan fingerprint density at radius 2 is 2.08 bits per heavy atom.